The monoisotopic (exact) mass is 375 g/mol. The molecule has 0 bridgehead atoms. The van der Waals surface area contributed by atoms with Crippen LogP contribution in [-0.4, -0.2) is 50.6 Å². The number of nitrogens with zero attached hydrogens (tertiary/aromatic N) is 1. The number of rotatable bonds is 9. The number of piperidine rings is 1. The predicted octanol–water partition coefficient (Wildman–Crippen LogP) is 4.30. The van der Waals surface area contributed by atoms with Crippen molar-refractivity contribution in [2.75, 3.05) is 40.0 Å². The first-order valence-electron chi connectivity index (χ1n) is 9.77. The maximum absolute atomic E-state index is 12.4. The highest BCUT2D eigenvalue weighted by molar-refractivity contribution is 6.08. The van der Waals surface area contributed by atoms with Gasteiger partial charge in [-0.3, -0.25) is 4.79 Å². The molecule has 0 unspecified atom stereocenters. The van der Waals surface area contributed by atoms with Gasteiger partial charge in [0.25, 0.3) is 0 Å². The Morgan fingerprint density at radius 2 is 1.93 bits per heavy atom. The Kier molecular flexibility index (Phi) is 6.61. The first-order chi connectivity index (χ1) is 13.2. The lowest BCUT2D eigenvalue weighted by atomic mass is 10.0. The summed E-state index contributed by atoms with van der Waals surface area (Å²) in [5, 5.41) is 0.722. The lowest BCUT2D eigenvalue weighted by Crippen LogP contribution is -2.31. The summed E-state index contributed by atoms with van der Waals surface area (Å²) in [6.07, 6.45) is 6.34. The van der Waals surface area contributed by atoms with E-state index in [0.717, 1.165) is 31.4 Å². The van der Waals surface area contributed by atoms with E-state index in [9.17, 15) is 4.79 Å². The molecule has 1 fully saturated rings. The summed E-state index contributed by atoms with van der Waals surface area (Å²) < 4.78 is 23.0. The van der Waals surface area contributed by atoms with E-state index in [-0.39, 0.29) is 5.78 Å². The van der Waals surface area contributed by atoms with Crippen LogP contribution in [0.4, 0.5) is 0 Å². The van der Waals surface area contributed by atoms with Crippen molar-refractivity contribution in [3.63, 3.8) is 0 Å². The molecule has 0 spiro atoms. The third-order valence-corrected chi connectivity index (χ3v) is 4.94. The number of hydrogen-bond acceptors (Lipinski definition) is 6. The summed E-state index contributed by atoms with van der Waals surface area (Å²) >= 11 is 0. The highest BCUT2D eigenvalue weighted by Gasteiger charge is 2.27. The first kappa shape index (κ1) is 19.5. The number of carbonyl (C=O) groups is 1. The Morgan fingerprint density at radius 1 is 1.15 bits per heavy atom. The average Bonchev–Trinajstić information content (AvgIpc) is 3.15. The normalized spacial score (nSPS) is 15.1. The number of methoxy groups -OCH3 is 1. The number of ether oxygens (including phenoxy) is 3. The molecule has 0 atom stereocenters. The van der Waals surface area contributed by atoms with Crippen LogP contribution in [0.2, 0.25) is 0 Å². The van der Waals surface area contributed by atoms with E-state index in [2.05, 4.69) is 4.90 Å². The average molecular weight is 375 g/mol. The number of ketones is 1. The topological polar surface area (TPSA) is 61.1 Å². The van der Waals surface area contributed by atoms with Crippen molar-refractivity contribution in [3.05, 3.63) is 17.9 Å². The van der Waals surface area contributed by atoms with Gasteiger partial charge in [0.05, 0.1) is 32.0 Å². The number of fused-ring (bicyclic) bond motifs is 1. The third kappa shape index (κ3) is 4.21. The van der Waals surface area contributed by atoms with Gasteiger partial charge in [-0.25, -0.2) is 0 Å². The maximum atomic E-state index is 12.4. The smallest absolute Gasteiger partial charge is 0.205 e. The lowest BCUT2D eigenvalue weighted by molar-refractivity contribution is 0.100. The lowest BCUT2D eigenvalue weighted by Gasteiger charge is -2.26. The second kappa shape index (κ2) is 9.13. The molecule has 1 aliphatic heterocycles. The molecule has 0 radical (unpaired) electrons. The van der Waals surface area contributed by atoms with Gasteiger partial charge in [-0.15, -0.1) is 0 Å². The number of Topliss-reactive ketones (excluding diaryl/α,β-unsaturated/α-hetero) is 1. The van der Waals surface area contributed by atoms with E-state index in [1.807, 2.05) is 6.92 Å². The van der Waals surface area contributed by atoms with E-state index in [1.165, 1.54) is 26.2 Å². The van der Waals surface area contributed by atoms with E-state index in [0.29, 0.717) is 41.6 Å². The third-order valence-electron chi connectivity index (χ3n) is 4.94. The largest absolute Gasteiger partial charge is 0.492 e. The molecular weight excluding hydrogens is 346 g/mol. The van der Waals surface area contributed by atoms with Crippen molar-refractivity contribution < 1.29 is 23.4 Å². The van der Waals surface area contributed by atoms with Gasteiger partial charge in [0.2, 0.25) is 5.75 Å². The molecule has 2 aromatic rings. The zero-order chi connectivity index (χ0) is 19.2. The van der Waals surface area contributed by atoms with Crippen LogP contribution in [0.1, 0.15) is 49.9 Å². The summed E-state index contributed by atoms with van der Waals surface area (Å²) in [5.41, 5.74) is 0.956. The summed E-state index contributed by atoms with van der Waals surface area (Å²) in [7, 11) is 1.56. The summed E-state index contributed by atoms with van der Waals surface area (Å²) in [5.74, 6) is 1.24. The Labute approximate surface area is 160 Å². The Bertz CT molecular complexity index is 776. The zero-order valence-corrected chi connectivity index (χ0v) is 16.5. The van der Waals surface area contributed by atoms with Crippen LogP contribution in [-0.2, 0) is 0 Å². The molecule has 27 heavy (non-hydrogen) atoms. The first-order valence-corrected chi connectivity index (χ1v) is 9.77. The van der Waals surface area contributed by atoms with Crippen LogP contribution in [0.15, 0.2) is 16.7 Å². The van der Waals surface area contributed by atoms with Crippen molar-refractivity contribution in [1.29, 1.82) is 0 Å². The van der Waals surface area contributed by atoms with Gasteiger partial charge in [0.15, 0.2) is 17.1 Å². The van der Waals surface area contributed by atoms with Gasteiger partial charge in [-0.1, -0.05) is 6.42 Å². The minimum Gasteiger partial charge on any atom is -0.492 e. The molecule has 1 aliphatic rings. The fourth-order valence-electron chi connectivity index (χ4n) is 3.70. The Hall–Kier alpha value is -2.21. The molecule has 0 amide bonds. The molecule has 148 valence electrons. The second-order valence-corrected chi connectivity index (χ2v) is 6.82. The number of benzene rings is 1. The van der Waals surface area contributed by atoms with Crippen LogP contribution in [0, 0.1) is 0 Å². The van der Waals surface area contributed by atoms with Gasteiger partial charge in [-0.05, 0) is 52.3 Å². The SMILES string of the molecule is CCOc1c(C(C)=O)c(OCCCN2CCCCC2)c(OC)c2occc12. The summed E-state index contributed by atoms with van der Waals surface area (Å²) in [4.78, 5) is 14.9. The number of likely N-dealkylation sites (tertiary alicyclic amines) is 1. The number of carbonyl (C=O) groups excluding carboxylic acids is 1. The van der Waals surface area contributed by atoms with Crippen LogP contribution in [0.3, 0.4) is 0 Å². The number of furan rings is 1. The van der Waals surface area contributed by atoms with Crippen molar-refractivity contribution in [3.8, 4) is 17.2 Å². The molecule has 0 saturated carbocycles. The van der Waals surface area contributed by atoms with Crippen molar-refractivity contribution in [2.24, 2.45) is 0 Å². The fourth-order valence-corrected chi connectivity index (χ4v) is 3.70. The zero-order valence-electron chi connectivity index (χ0n) is 16.5. The van der Waals surface area contributed by atoms with Crippen LogP contribution in [0.25, 0.3) is 11.0 Å². The van der Waals surface area contributed by atoms with Gasteiger partial charge in [-0.2, -0.15) is 0 Å². The van der Waals surface area contributed by atoms with E-state index < -0.39 is 0 Å². The molecule has 0 N–H and O–H groups in total. The van der Waals surface area contributed by atoms with Gasteiger partial charge in [0.1, 0.15) is 11.3 Å². The highest BCUT2D eigenvalue weighted by Crippen LogP contribution is 2.46. The standard InChI is InChI=1S/C21H29NO5/c1-4-25-18-16-9-14-27-19(16)21(24-3)20(17(18)15(2)23)26-13-8-12-22-10-6-5-7-11-22/h9,14H,4-8,10-13H2,1-3H3. The van der Waals surface area contributed by atoms with Gasteiger partial charge < -0.3 is 23.5 Å². The quantitative estimate of drug-likeness (QED) is 0.481. The molecule has 3 rings (SSSR count). The van der Waals surface area contributed by atoms with Crippen molar-refractivity contribution in [2.45, 2.75) is 39.5 Å². The van der Waals surface area contributed by atoms with E-state index >= 15 is 0 Å². The summed E-state index contributed by atoms with van der Waals surface area (Å²) in [6, 6.07) is 1.79. The molecule has 6 heteroatoms. The van der Waals surface area contributed by atoms with E-state index in [1.54, 1.807) is 19.4 Å². The predicted molar refractivity (Wildman–Crippen MR) is 104 cm³/mol. The van der Waals surface area contributed by atoms with Gasteiger partial charge >= 0.3 is 0 Å². The molecule has 2 heterocycles. The maximum Gasteiger partial charge on any atom is 0.205 e. The fraction of sp³-hybridized carbons (Fsp3) is 0.571. The van der Waals surface area contributed by atoms with Crippen molar-refractivity contribution in [1.82, 2.24) is 4.90 Å². The minimum atomic E-state index is -0.120. The van der Waals surface area contributed by atoms with E-state index in [4.69, 9.17) is 18.6 Å². The second-order valence-electron chi connectivity index (χ2n) is 6.82. The molecule has 1 saturated heterocycles. The minimum absolute atomic E-state index is 0.120. The Balaban J connectivity index is 1.85. The molecule has 1 aromatic carbocycles. The van der Waals surface area contributed by atoms with Gasteiger partial charge in [0, 0.05) is 6.54 Å². The number of hydrogen-bond donors (Lipinski definition) is 0. The highest BCUT2D eigenvalue weighted by atomic mass is 16.5. The van der Waals surface area contributed by atoms with Crippen LogP contribution in [0.5, 0.6) is 17.2 Å². The molecular formula is C21H29NO5. The van der Waals surface area contributed by atoms with Crippen molar-refractivity contribution >= 4 is 16.8 Å². The van der Waals surface area contributed by atoms with Crippen LogP contribution >= 0.6 is 0 Å². The molecule has 6 nitrogen and oxygen atoms in total. The molecule has 1 aromatic heterocycles. The summed E-state index contributed by atoms with van der Waals surface area (Å²) in [6.45, 7) is 7.68. The Morgan fingerprint density at radius 3 is 2.59 bits per heavy atom. The molecule has 0 aliphatic carbocycles. The van der Waals surface area contributed by atoms with Crippen LogP contribution < -0.4 is 14.2 Å².